The zero-order valence-electron chi connectivity index (χ0n) is 32.7. The maximum absolute atomic E-state index is 11.1. The highest BCUT2D eigenvalue weighted by Crippen LogP contribution is 2.38. The maximum atomic E-state index is 11.1. The summed E-state index contributed by atoms with van der Waals surface area (Å²) in [5, 5.41) is 27.0. The quantitative estimate of drug-likeness (QED) is 0.115. The first-order chi connectivity index (χ1) is 27.9. The van der Waals surface area contributed by atoms with Crippen LogP contribution in [0.5, 0.6) is 0 Å². The highest BCUT2D eigenvalue weighted by Gasteiger charge is 2.43. The van der Waals surface area contributed by atoms with Crippen molar-refractivity contribution in [2.45, 2.75) is 27.7 Å². The van der Waals surface area contributed by atoms with Crippen LogP contribution in [0.2, 0.25) is 0 Å². The molecule has 8 rings (SSSR count). The van der Waals surface area contributed by atoms with E-state index in [4.69, 9.17) is 0 Å². The first kappa shape index (κ1) is 36.9. The fourth-order valence-corrected chi connectivity index (χ4v) is 13.5. The highest BCUT2D eigenvalue weighted by molar-refractivity contribution is 7.20. The van der Waals surface area contributed by atoms with Gasteiger partial charge >= 0.3 is 0 Å². The predicted octanol–water partition coefficient (Wildman–Crippen LogP) is 10.7. The molecule has 0 aliphatic carbocycles. The van der Waals surface area contributed by atoms with E-state index in [1.54, 1.807) is 0 Å². The number of benzene rings is 8. The molecule has 0 radical (unpaired) electrons. The van der Waals surface area contributed by atoms with Gasteiger partial charge in [0, 0.05) is 22.3 Å². The standard InChI is InChI=1S/C54H42N2Si/c1-37-19-11-15-27-45(37)49-31-43(32-50(53(49)35-55)46-28-16-12-20-38(46)2)57(41-23-7-5-8-24-41,42-25-9-6-10-26-42)44-33-51(47-29-17-13-21-39(47)3)54(36-56)52(34-44)48-30-18-14-22-40(48)4/h5-34H,1-4H3. The smallest absolute Gasteiger partial charge is 0.179 e. The van der Waals surface area contributed by atoms with E-state index in [9.17, 15) is 10.5 Å². The summed E-state index contributed by atoms with van der Waals surface area (Å²) in [6, 6.07) is 70.0. The van der Waals surface area contributed by atoms with Crippen LogP contribution in [0.3, 0.4) is 0 Å². The third kappa shape index (κ3) is 6.49. The average Bonchev–Trinajstić information content (AvgIpc) is 3.25. The minimum absolute atomic E-state index is 0.660. The molecule has 0 aliphatic rings. The van der Waals surface area contributed by atoms with Crippen LogP contribution < -0.4 is 20.7 Å². The third-order valence-electron chi connectivity index (χ3n) is 11.5. The Bertz CT molecular complexity index is 2530. The van der Waals surface area contributed by atoms with Crippen LogP contribution in [0.25, 0.3) is 44.5 Å². The molecule has 0 amide bonds. The van der Waals surface area contributed by atoms with Crippen LogP contribution in [-0.4, -0.2) is 8.07 Å². The first-order valence-electron chi connectivity index (χ1n) is 19.4. The zero-order chi connectivity index (χ0) is 39.5. The van der Waals surface area contributed by atoms with Crippen molar-refractivity contribution in [1.82, 2.24) is 0 Å². The number of aryl methyl sites for hydroxylation is 4. The molecule has 0 bridgehead atoms. The molecule has 8 aromatic carbocycles. The molecule has 0 saturated carbocycles. The van der Waals surface area contributed by atoms with E-state index < -0.39 is 8.07 Å². The molecule has 272 valence electrons. The van der Waals surface area contributed by atoms with E-state index in [-0.39, 0.29) is 0 Å². The van der Waals surface area contributed by atoms with Gasteiger partial charge in [-0.2, -0.15) is 10.5 Å². The Labute approximate surface area is 337 Å². The van der Waals surface area contributed by atoms with Gasteiger partial charge in [-0.1, -0.05) is 182 Å². The molecule has 0 atom stereocenters. The molecule has 0 aromatic heterocycles. The van der Waals surface area contributed by atoms with Gasteiger partial charge in [0.15, 0.2) is 8.07 Å². The van der Waals surface area contributed by atoms with E-state index in [2.05, 4.69) is 222 Å². The third-order valence-corrected chi connectivity index (χ3v) is 16.2. The van der Waals surface area contributed by atoms with Crippen LogP contribution in [0, 0.1) is 50.4 Å². The van der Waals surface area contributed by atoms with Crippen molar-refractivity contribution >= 4 is 28.8 Å². The highest BCUT2D eigenvalue weighted by atomic mass is 28.3. The number of hydrogen-bond acceptors (Lipinski definition) is 2. The van der Waals surface area contributed by atoms with Gasteiger partial charge in [-0.3, -0.25) is 0 Å². The van der Waals surface area contributed by atoms with Gasteiger partial charge in [0.25, 0.3) is 0 Å². The summed E-state index contributed by atoms with van der Waals surface area (Å²) in [4.78, 5) is 0. The summed E-state index contributed by atoms with van der Waals surface area (Å²) in [6.45, 7) is 8.50. The number of rotatable bonds is 8. The molecular weight excluding hydrogens is 705 g/mol. The molecule has 0 unspecified atom stereocenters. The summed E-state index contributed by atoms with van der Waals surface area (Å²) >= 11 is 0. The lowest BCUT2D eigenvalue weighted by Crippen LogP contribution is -2.74. The molecule has 0 saturated heterocycles. The zero-order valence-corrected chi connectivity index (χ0v) is 33.7. The molecule has 0 fully saturated rings. The van der Waals surface area contributed by atoms with Gasteiger partial charge in [0.05, 0.1) is 11.1 Å². The van der Waals surface area contributed by atoms with Gasteiger partial charge < -0.3 is 0 Å². The summed E-state index contributed by atoms with van der Waals surface area (Å²) in [5.41, 5.74) is 13.6. The van der Waals surface area contributed by atoms with E-state index in [0.717, 1.165) is 77.1 Å². The molecule has 2 nitrogen and oxygen atoms in total. The van der Waals surface area contributed by atoms with Crippen molar-refractivity contribution in [1.29, 1.82) is 10.5 Å². The van der Waals surface area contributed by atoms with Crippen LogP contribution in [-0.2, 0) is 0 Å². The topological polar surface area (TPSA) is 47.6 Å². The van der Waals surface area contributed by atoms with Crippen molar-refractivity contribution in [2.24, 2.45) is 0 Å². The fourth-order valence-electron chi connectivity index (χ4n) is 8.68. The van der Waals surface area contributed by atoms with E-state index in [1.165, 1.54) is 10.4 Å². The Hall–Kier alpha value is -7.04. The van der Waals surface area contributed by atoms with Gasteiger partial charge in [0.2, 0.25) is 0 Å². The summed E-state index contributed by atoms with van der Waals surface area (Å²) in [5.74, 6) is 0. The monoisotopic (exact) mass is 746 g/mol. The Balaban J connectivity index is 1.63. The number of nitrogens with zero attached hydrogens (tertiary/aromatic N) is 2. The Morgan fingerprint density at radius 3 is 0.789 bits per heavy atom. The van der Waals surface area contributed by atoms with E-state index in [1.807, 2.05) is 0 Å². The molecular formula is C54H42N2Si. The van der Waals surface area contributed by atoms with Crippen LogP contribution in [0.15, 0.2) is 182 Å². The largest absolute Gasteiger partial charge is 0.192 e. The first-order valence-corrected chi connectivity index (χ1v) is 21.4. The van der Waals surface area contributed by atoms with Crippen LogP contribution >= 0.6 is 0 Å². The lowest BCUT2D eigenvalue weighted by atomic mass is 9.89. The van der Waals surface area contributed by atoms with Crippen molar-refractivity contribution in [3.05, 3.63) is 215 Å². The molecule has 0 spiro atoms. The van der Waals surface area contributed by atoms with Crippen molar-refractivity contribution in [2.75, 3.05) is 0 Å². The average molecular weight is 747 g/mol. The fraction of sp³-hybridized carbons (Fsp3) is 0.0741. The SMILES string of the molecule is Cc1ccccc1-c1cc([Si](c2ccccc2)(c2ccccc2)c2cc(-c3ccccc3C)c(C#N)c(-c3ccccc3C)c2)cc(-c2ccccc2C)c1C#N. The van der Waals surface area contributed by atoms with Crippen LogP contribution in [0.4, 0.5) is 0 Å². The van der Waals surface area contributed by atoms with Crippen molar-refractivity contribution in [3.8, 4) is 56.6 Å². The van der Waals surface area contributed by atoms with Gasteiger partial charge in [-0.25, -0.2) is 0 Å². The molecule has 0 N–H and O–H groups in total. The van der Waals surface area contributed by atoms with Gasteiger partial charge in [0.1, 0.15) is 12.1 Å². The minimum Gasteiger partial charge on any atom is -0.192 e. The van der Waals surface area contributed by atoms with E-state index >= 15 is 0 Å². The van der Waals surface area contributed by atoms with Crippen molar-refractivity contribution in [3.63, 3.8) is 0 Å². The normalized spacial score (nSPS) is 11.1. The predicted molar refractivity (Wildman–Crippen MR) is 240 cm³/mol. The molecule has 8 aromatic rings. The van der Waals surface area contributed by atoms with Crippen molar-refractivity contribution < 1.29 is 0 Å². The van der Waals surface area contributed by atoms with E-state index in [0.29, 0.717) is 11.1 Å². The minimum atomic E-state index is -3.32. The van der Waals surface area contributed by atoms with Gasteiger partial charge in [-0.15, -0.1) is 0 Å². The molecule has 0 aliphatic heterocycles. The molecule has 0 heterocycles. The Morgan fingerprint density at radius 1 is 0.298 bits per heavy atom. The Morgan fingerprint density at radius 2 is 0.544 bits per heavy atom. The second-order valence-electron chi connectivity index (χ2n) is 14.9. The Kier molecular flexibility index (Phi) is 10.1. The second-order valence-corrected chi connectivity index (χ2v) is 18.7. The molecule has 3 heteroatoms. The summed E-state index contributed by atoms with van der Waals surface area (Å²) < 4.78 is 0. The number of hydrogen-bond donors (Lipinski definition) is 0. The maximum Gasteiger partial charge on any atom is 0.179 e. The molecule has 57 heavy (non-hydrogen) atoms. The lowest BCUT2D eigenvalue weighted by molar-refractivity contribution is 1.41. The summed E-state index contributed by atoms with van der Waals surface area (Å²) in [6.07, 6.45) is 0. The van der Waals surface area contributed by atoms with Crippen LogP contribution in [0.1, 0.15) is 33.4 Å². The second kappa shape index (κ2) is 15.6. The van der Waals surface area contributed by atoms with Gasteiger partial charge in [-0.05, 0) is 92.9 Å². The lowest BCUT2D eigenvalue weighted by Gasteiger charge is -2.36. The number of nitriles is 2. The summed E-state index contributed by atoms with van der Waals surface area (Å²) in [7, 11) is -3.32.